The van der Waals surface area contributed by atoms with Crippen LogP contribution < -0.4 is 10.6 Å². The van der Waals surface area contributed by atoms with E-state index in [0.717, 1.165) is 5.56 Å². The van der Waals surface area contributed by atoms with Gasteiger partial charge in [-0.2, -0.15) is 0 Å². The standard InChI is InChI=1S/C15H21Cl2N3O2S/c1-10(13-4-3-12(16)7-14(13)17)20-15(18-2)19-8-11-5-6-23(21,22)9-11/h3-4,7,10-11H,5-6,8-9H2,1-2H3,(H2,18,19,20). The molecule has 1 aromatic rings. The van der Waals surface area contributed by atoms with Crippen molar-refractivity contribution in [2.75, 3.05) is 25.1 Å². The molecule has 2 N–H and O–H groups in total. The fourth-order valence-electron chi connectivity index (χ4n) is 2.60. The average Bonchev–Trinajstić information content (AvgIpc) is 2.82. The van der Waals surface area contributed by atoms with Crippen LogP contribution in [-0.2, 0) is 9.84 Å². The average molecular weight is 378 g/mol. The van der Waals surface area contributed by atoms with Crippen molar-refractivity contribution in [2.45, 2.75) is 19.4 Å². The van der Waals surface area contributed by atoms with Crippen molar-refractivity contribution in [3.63, 3.8) is 0 Å². The Morgan fingerprint density at radius 2 is 2.17 bits per heavy atom. The zero-order chi connectivity index (χ0) is 17.0. The molecule has 0 saturated carbocycles. The van der Waals surface area contributed by atoms with Gasteiger partial charge in [0.2, 0.25) is 0 Å². The molecule has 1 saturated heterocycles. The summed E-state index contributed by atoms with van der Waals surface area (Å²) in [5, 5.41) is 7.62. The third kappa shape index (κ3) is 5.26. The number of hydrogen-bond acceptors (Lipinski definition) is 3. The van der Waals surface area contributed by atoms with E-state index in [9.17, 15) is 8.42 Å². The third-order valence-corrected chi connectivity index (χ3v) is 6.29. The number of halogens is 2. The Hall–Kier alpha value is -0.980. The van der Waals surface area contributed by atoms with Crippen molar-refractivity contribution in [1.82, 2.24) is 10.6 Å². The van der Waals surface area contributed by atoms with Crippen LogP contribution in [-0.4, -0.2) is 39.5 Å². The molecule has 1 heterocycles. The number of hydrogen-bond donors (Lipinski definition) is 2. The number of sulfone groups is 1. The molecule has 128 valence electrons. The maximum absolute atomic E-state index is 11.5. The van der Waals surface area contributed by atoms with Gasteiger partial charge in [0.25, 0.3) is 0 Å². The Morgan fingerprint density at radius 1 is 1.43 bits per heavy atom. The molecule has 0 bridgehead atoms. The van der Waals surface area contributed by atoms with Gasteiger partial charge in [0.15, 0.2) is 15.8 Å². The highest BCUT2D eigenvalue weighted by Gasteiger charge is 2.27. The van der Waals surface area contributed by atoms with Gasteiger partial charge in [-0.1, -0.05) is 29.3 Å². The molecule has 0 aromatic heterocycles. The topological polar surface area (TPSA) is 70.6 Å². The van der Waals surface area contributed by atoms with Crippen LogP contribution in [0.2, 0.25) is 10.0 Å². The normalized spacial score (nSPS) is 21.9. The molecule has 1 aromatic carbocycles. The molecular formula is C15H21Cl2N3O2S. The number of nitrogens with zero attached hydrogens (tertiary/aromatic N) is 1. The van der Waals surface area contributed by atoms with Gasteiger partial charge in [-0.15, -0.1) is 0 Å². The second-order valence-corrected chi connectivity index (χ2v) is 8.83. The quantitative estimate of drug-likeness (QED) is 0.624. The van der Waals surface area contributed by atoms with E-state index in [1.807, 2.05) is 13.0 Å². The lowest BCUT2D eigenvalue weighted by atomic mass is 10.1. The Bertz CT molecular complexity index is 692. The fraction of sp³-hybridized carbons (Fsp3) is 0.533. The van der Waals surface area contributed by atoms with E-state index in [4.69, 9.17) is 23.2 Å². The first-order chi connectivity index (χ1) is 10.8. The highest BCUT2D eigenvalue weighted by molar-refractivity contribution is 7.91. The maximum Gasteiger partial charge on any atom is 0.191 e. The first kappa shape index (κ1) is 18.4. The van der Waals surface area contributed by atoms with Crippen LogP contribution in [0.4, 0.5) is 0 Å². The van der Waals surface area contributed by atoms with Crippen molar-refractivity contribution in [3.05, 3.63) is 33.8 Å². The molecule has 8 heteroatoms. The summed E-state index contributed by atoms with van der Waals surface area (Å²) in [4.78, 5) is 4.17. The summed E-state index contributed by atoms with van der Waals surface area (Å²) in [6.07, 6.45) is 0.699. The van der Waals surface area contributed by atoms with Gasteiger partial charge in [-0.05, 0) is 37.0 Å². The number of aliphatic imine (C=N–C) groups is 1. The molecule has 0 aliphatic carbocycles. The number of rotatable bonds is 4. The molecule has 1 fully saturated rings. The third-order valence-electron chi connectivity index (χ3n) is 3.89. The molecule has 0 radical (unpaired) electrons. The van der Waals surface area contributed by atoms with Crippen LogP contribution in [0.15, 0.2) is 23.2 Å². The van der Waals surface area contributed by atoms with Crippen molar-refractivity contribution < 1.29 is 8.42 Å². The van der Waals surface area contributed by atoms with Crippen LogP contribution in [0.25, 0.3) is 0 Å². The zero-order valence-corrected chi connectivity index (χ0v) is 15.5. The van der Waals surface area contributed by atoms with Crippen LogP contribution in [0.3, 0.4) is 0 Å². The van der Waals surface area contributed by atoms with Crippen LogP contribution in [0.5, 0.6) is 0 Å². The molecule has 1 aliphatic rings. The SMILES string of the molecule is CN=C(NCC1CCS(=O)(=O)C1)NC(C)c1ccc(Cl)cc1Cl. The summed E-state index contributed by atoms with van der Waals surface area (Å²) in [7, 11) is -1.18. The number of guanidine groups is 1. The molecular weight excluding hydrogens is 357 g/mol. The van der Waals surface area contributed by atoms with Gasteiger partial charge in [0.1, 0.15) is 0 Å². The molecule has 2 atom stereocenters. The van der Waals surface area contributed by atoms with Gasteiger partial charge >= 0.3 is 0 Å². The van der Waals surface area contributed by atoms with E-state index >= 15 is 0 Å². The second kappa shape index (κ2) is 7.73. The van der Waals surface area contributed by atoms with Crippen molar-refractivity contribution in [2.24, 2.45) is 10.9 Å². The number of nitrogens with one attached hydrogen (secondary N) is 2. The molecule has 0 amide bonds. The van der Waals surface area contributed by atoms with Crippen LogP contribution >= 0.6 is 23.2 Å². The van der Waals surface area contributed by atoms with Gasteiger partial charge < -0.3 is 10.6 Å². The molecule has 2 unspecified atom stereocenters. The highest BCUT2D eigenvalue weighted by atomic mass is 35.5. The Kier molecular flexibility index (Phi) is 6.17. The van der Waals surface area contributed by atoms with Gasteiger partial charge in [0.05, 0.1) is 17.5 Å². The summed E-state index contributed by atoms with van der Waals surface area (Å²) in [6, 6.07) is 5.31. The van der Waals surface area contributed by atoms with E-state index in [1.165, 1.54) is 0 Å². The lowest BCUT2D eigenvalue weighted by Gasteiger charge is -2.20. The lowest BCUT2D eigenvalue weighted by Crippen LogP contribution is -2.41. The van der Waals surface area contributed by atoms with Gasteiger partial charge in [-0.3, -0.25) is 4.99 Å². The Labute approximate surface area is 147 Å². The summed E-state index contributed by atoms with van der Waals surface area (Å²) in [5.41, 5.74) is 0.919. The molecule has 1 aliphatic heterocycles. The number of benzene rings is 1. The highest BCUT2D eigenvalue weighted by Crippen LogP contribution is 2.26. The van der Waals surface area contributed by atoms with Crippen molar-refractivity contribution in [3.8, 4) is 0 Å². The minimum Gasteiger partial charge on any atom is -0.356 e. The molecule has 2 rings (SSSR count). The van der Waals surface area contributed by atoms with Gasteiger partial charge in [0, 0.05) is 23.6 Å². The largest absolute Gasteiger partial charge is 0.356 e. The summed E-state index contributed by atoms with van der Waals surface area (Å²) in [6.45, 7) is 2.56. The van der Waals surface area contributed by atoms with E-state index in [1.54, 1.807) is 19.2 Å². The minimum atomic E-state index is -2.86. The van der Waals surface area contributed by atoms with Crippen LogP contribution in [0, 0.1) is 5.92 Å². The summed E-state index contributed by atoms with van der Waals surface area (Å²) in [5.74, 6) is 1.28. The second-order valence-electron chi connectivity index (χ2n) is 5.75. The van der Waals surface area contributed by atoms with E-state index < -0.39 is 9.84 Å². The Balaban J connectivity index is 1.92. The predicted octanol–water partition coefficient (Wildman–Crippen LogP) is 2.65. The lowest BCUT2D eigenvalue weighted by molar-refractivity contribution is 0.562. The maximum atomic E-state index is 11.5. The van der Waals surface area contributed by atoms with Crippen LogP contribution in [0.1, 0.15) is 24.9 Å². The Morgan fingerprint density at radius 3 is 2.74 bits per heavy atom. The van der Waals surface area contributed by atoms with Gasteiger partial charge in [-0.25, -0.2) is 8.42 Å². The van der Waals surface area contributed by atoms with E-state index in [0.29, 0.717) is 29.0 Å². The van der Waals surface area contributed by atoms with E-state index in [2.05, 4.69) is 15.6 Å². The van der Waals surface area contributed by atoms with Crippen molar-refractivity contribution in [1.29, 1.82) is 0 Å². The van der Waals surface area contributed by atoms with E-state index in [-0.39, 0.29) is 23.5 Å². The fourth-order valence-corrected chi connectivity index (χ4v) is 5.04. The first-order valence-corrected chi connectivity index (χ1v) is 10.0. The predicted molar refractivity (Wildman–Crippen MR) is 96.1 cm³/mol. The monoisotopic (exact) mass is 377 g/mol. The molecule has 23 heavy (non-hydrogen) atoms. The molecule has 5 nitrogen and oxygen atoms in total. The van der Waals surface area contributed by atoms with Crippen molar-refractivity contribution >= 4 is 39.0 Å². The first-order valence-electron chi connectivity index (χ1n) is 7.43. The zero-order valence-electron chi connectivity index (χ0n) is 13.1. The summed E-state index contributed by atoms with van der Waals surface area (Å²) >= 11 is 12.1. The smallest absolute Gasteiger partial charge is 0.191 e. The summed E-state index contributed by atoms with van der Waals surface area (Å²) < 4.78 is 23.0. The molecule has 0 spiro atoms. The minimum absolute atomic E-state index is 0.0572.